The number of hydrogen-bond acceptors (Lipinski definition) is 5. The van der Waals surface area contributed by atoms with Crippen molar-refractivity contribution < 1.29 is 54.8 Å². The number of rotatable bonds is 1. The van der Waals surface area contributed by atoms with Gasteiger partial charge in [-0.3, -0.25) is 0 Å². The molecule has 0 spiro atoms. The fraction of sp³-hybridized carbons (Fsp3) is 0.900. The van der Waals surface area contributed by atoms with E-state index in [9.17, 15) is 25.2 Å². The van der Waals surface area contributed by atoms with Gasteiger partial charge in [0.05, 0.1) is 18.3 Å². The molecule has 0 radical (unpaired) electrons. The molecule has 5 nitrogen and oxygen atoms in total. The number of fused-ring (bicyclic) bond motifs is 7. The second-order valence-electron chi connectivity index (χ2n) is 14.7. The third-order valence-corrected chi connectivity index (χ3v) is 13.4. The molecular weight excluding hydrogens is 463 g/mol. The van der Waals surface area contributed by atoms with Gasteiger partial charge in [0.25, 0.3) is 0 Å². The molecule has 0 aromatic rings. The van der Waals surface area contributed by atoms with Gasteiger partial charge in [-0.25, -0.2) is 0 Å². The predicted octanol–water partition coefficient (Wildman–Crippen LogP) is 0.700. The minimum atomic E-state index is -0.992. The maximum atomic E-state index is 12.7. The molecule has 0 aromatic heterocycles. The fourth-order valence-corrected chi connectivity index (χ4v) is 11.0. The SMILES string of the molecule is C[C@H]1[C@H](C)[C@H]2C3=CC[C@@H]4[C@@]5(C)C[C@@H](O)[C@H](O)C(C)(C)[C@@H]5CC[C@@]4(C)[C@]3(C)CC[C@@]2(C(=O)[O-])C[C@H]1O.[Na+]. The first-order valence-corrected chi connectivity index (χ1v) is 14.0. The number of aliphatic hydroxyl groups excluding tert-OH is 3. The number of hydrogen-bond donors (Lipinski definition) is 3. The molecule has 0 unspecified atom stereocenters. The van der Waals surface area contributed by atoms with E-state index in [-0.39, 0.29) is 75.4 Å². The molecule has 36 heavy (non-hydrogen) atoms. The number of carboxylic acid groups (broad SMARTS) is 1. The van der Waals surface area contributed by atoms with Crippen molar-refractivity contribution in [2.75, 3.05) is 0 Å². The minimum Gasteiger partial charge on any atom is -0.550 e. The molecule has 12 atom stereocenters. The predicted molar refractivity (Wildman–Crippen MR) is 133 cm³/mol. The standard InChI is InChI=1S/C30H48O5.Na/c1-16-17(2)23-18-8-9-22-27(5)14-20(32)24(33)26(3,4)21(27)10-11-29(22,7)28(18,6)12-13-30(23,25(34)35)15-19(16)31;/h8,16-17,19-24,31-33H,9-15H2,1-7H3,(H,34,35);/q;+1/p-1/t16-,17-,19+,20+,21-,22+,23-,24-,27-,28+,29+,30+;/m0./s1. The van der Waals surface area contributed by atoms with Crippen LogP contribution < -0.4 is 34.7 Å². The summed E-state index contributed by atoms with van der Waals surface area (Å²) in [4.78, 5) is 12.7. The molecule has 6 heteroatoms. The van der Waals surface area contributed by atoms with Crippen molar-refractivity contribution in [1.29, 1.82) is 0 Å². The van der Waals surface area contributed by atoms with E-state index in [4.69, 9.17) is 0 Å². The zero-order valence-corrected chi connectivity index (χ0v) is 25.8. The third-order valence-electron chi connectivity index (χ3n) is 13.4. The van der Waals surface area contributed by atoms with Crippen molar-refractivity contribution in [3.63, 3.8) is 0 Å². The van der Waals surface area contributed by atoms with Crippen LogP contribution in [0.15, 0.2) is 11.6 Å². The molecule has 0 saturated heterocycles. The largest absolute Gasteiger partial charge is 1.00 e. The topological polar surface area (TPSA) is 101 Å². The Morgan fingerprint density at radius 1 is 0.917 bits per heavy atom. The zero-order chi connectivity index (χ0) is 25.9. The summed E-state index contributed by atoms with van der Waals surface area (Å²) in [5.41, 5.74) is -0.278. The van der Waals surface area contributed by atoms with Crippen LogP contribution in [0.25, 0.3) is 0 Å². The number of aliphatic hydroxyl groups is 3. The van der Waals surface area contributed by atoms with E-state index < -0.39 is 29.7 Å². The molecule has 5 rings (SSSR count). The summed E-state index contributed by atoms with van der Waals surface area (Å²) in [5, 5.41) is 45.4. The van der Waals surface area contributed by atoms with Crippen LogP contribution in [0, 0.1) is 56.7 Å². The van der Waals surface area contributed by atoms with Crippen LogP contribution in [0.5, 0.6) is 0 Å². The second-order valence-corrected chi connectivity index (χ2v) is 14.7. The Bertz CT molecular complexity index is 948. The van der Waals surface area contributed by atoms with Gasteiger partial charge >= 0.3 is 29.6 Å². The van der Waals surface area contributed by atoms with E-state index in [0.717, 1.165) is 25.7 Å². The third kappa shape index (κ3) is 3.38. The van der Waals surface area contributed by atoms with Gasteiger partial charge < -0.3 is 25.2 Å². The Hall–Kier alpha value is 0.0900. The van der Waals surface area contributed by atoms with Crippen LogP contribution in [-0.4, -0.2) is 39.6 Å². The van der Waals surface area contributed by atoms with E-state index in [0.29, 0.717) is 24.7 Å². The van der Waals surface area contributed by atoms with Crippen LogP contribution in [0.4, 0.5) is 0 Å². The Labute approximate surface area is 239 Å². The molecule has 5 aliphatic carbocycles. The van der Waals surface area contributed by atoms with Crippen LogP contribution in [0.1, 0.15) is 93.4 Å². The molecule has 0 aliphatic heterocycles. The number of allylic oxidation sites excluding steroid dienone is 2. The molecule has 198 valence electrons. The van der Waals surface area contributed by atoms with E-state index in [1.54, 1.807) is 0 Å². The van der Waals surface area contributed by atoms with E-state index in [1.165, 1.54) is 5.57 Å². The van der Waals surface area contributed by atoms with Gasteiger partial charge in [0.2, 0.25) is 0 Å². The summed E-state index contributed by atoms with van der Waals surface area (Å²) >= 11 is 0. The Balaban J connectivity index is 0.00000304. The molecule has 0 aromatic carbocycles. The van der Waals surface area contributed by atoms with Crippen molar-refractivity contribution in [1.82, 2.24) is 0 Å². The normalized spacial score (nSPS) is 55.6. The van der Waals surface area contributed by atoms with Crippen molar-refractivity contribution in [3.8, 4) is 0 Å². The Morgan fingerprint density at radius 2 is 1.56 bits per heavy atom. The van der Waals surface area contributed by atoms with Crippen LogP contribution >= 0.6 is 0 Å². The Morgan fingerprint density at radius 3 is 2.17 bits per heavy atom. The van der Waals surface area contributed by atoms with Crippen LogP contribution in [-0.2, 0) is 4.79 Å². The maximum absolute atomic E-state index is 12.7. The maximum Gasteiger partial charge on any atom is 1.00 e. The molecule has 0 bridgehead atoms. The average Bonchev–Trinajstić information content (AvgIpc) is 2.76. The molecule has 0 amide bonds. The zero-order valence-electron chi connectivity index (χ0n) is 23.8. The van der Waals surface area contributed by atoms with Crippen LogP contribution in [0.3, 0.4) is 0 Å². The molecule has 3 N–H and O–H groups in total. The van der Waals surface area contributed by atoms with Gasteiger partial charge in [-0.05, 0) is 96.2 Å². The first kappa shape index (κ1) is 29.1. The summed E-state index contributed by atoms with van der Waals surface area (Å²) < 4.78 is 0. The van der Waals surface area contributed by atoms with Crippen molar-refractivity contribution in [3.05, 3.63) is 11.6 Å². The second kappa shape index (κ2) is 8.80. The smallest absolute Gasteiger partial charge is 0.550 e. The van der Waals surface area contributed by atoms with Gasteiger partial charge in [0.15, 0.2) is 0 Å². The summed E-state index contributed by atoms with van der Waals surface area (Å²) in [7, 11) is 0. The van der Waals surface area contributed by atoms with Crippen molar-refractivity contribution in [2.24, 2.45) is 56.7 Å². The van der Waals surface area contributed by atoms with E-state index in [2.05, 4.69) is 54.5 Å². The van der Waals surface area contributed by atoms with E-state index in [1.807, 2.05) is 0 Å². The van der Waals surface area contributed by atoms with Gasteiger partial charge in [-0.2, -0.15) is 0 Å². The summed E-state index contributed by atoms with van der Waals surface area (Å²) in [6.07, 6.45) is 5.56. The monoisotopic (exact) mass is 510 g/mol. The first-order chi connectivity index (χ1) is 16.1. The number of carbonyl (C=O) groups is 1. The quantitative estimate of drug-likeness (QED) is 0.356. The van der Waals surface area contributed by atoms with Crippen LogP contribution in [0.2, 0.25) is 0 Å². The summed E-state index contributed by atoms with van der Waals surface area (Å²) in [6.45, 7) is 15.6. The molecule has 5 aliphatic rings. The Kier molecular flexibility index (Phi) is 7.11. The summed E-state index contributed by atoms with van der Waals surface area (Å²) in [6, 6.07) is 0. The van der Waals surface area contributed by atoms with Gasteiger partial charge in [-0.1, -0.05) is 60.1 Å². The molecule has 4 fully saturated rings. The van der Waals surface area contributed by atoms with Crippen molar-refractivity contribution in [2.45, 2.75) is 112 Å². The van der Waals surface area contributed by atoms with Gasteiger partial charge in [-0.15, -0.1) is 0 Å². The minimum absolute atomic E-state index is 0. The van der Waals surface area contributed by atoms with Gasteiger partial charge in [0.1, 0.15) is 0 Å². The molecular formula is C30H47NaO5. The van der Waals surface area contributed by atoms with Crippen molar-refractivity contribution >= 4 is 5.97 Å². The molecule has 4 saturated carbocycles. The summed E-state index contributed by atoms with van der Waals surface area (Å²) in [5.74, 6) is -0.285. The number of carbonyl (C=O) groups excluding carboxylic acids is 1. The number of carboxylic acids is 1. The van der Waals surface area contributed by atoms with Gasteiger partial charge in [0, 0.05) is 11.4 Å². The first-order valence-electron chi connectivity index (χ1n) is 14.0. The molecule has 0 heterocycles. The number of aliphatic carboxylic acids is 1. The van der Waals surface area contributed by atoms with E-state index >= 15 is 0 Å². The fourth-order valence-electron chi connectivity index (χ4n) is 11.0. The average molecular weight is 511 g/mol.